The van der Waals surface area contributed by atoms with Crippen LogP contribution in [-0.4, -0.2) is 0 Å². The average Bonchev–Trinajstić information content (AvgIpc) is 2.39. The SMILES string of the molecule is N#CC(Nc1ccccc1Br)c1ccc(Cl)cc1Cl. The van der Waals surface area contributed by atoms with Crippen molar-refractivity contribution in [2.24, 2.45) is 0 Å². The summed E-state index contributed by atoms with van der Waals surface area (Å²) in [5.41, 5.74) is 1.53. The van der Waals surface area contributed by atoms with Gasteiger partial charge in [-0.25, -0.2) is 0 Å². The molecular weight excluding hydrogens is 347 g/mol. The van der Waals surface area contributed by atoms with E-state index in [2.05, 4.69) is 27.3 Å². The molecule has 2 rings (SSSR count). The Bertz CT molecular complexity index is 638. The number of para-hydroxylation sites is 1. The molecule has 2 aromatic rings. The van der Waals surface area contributed by atoms with Crippen LogP contribution in [0.4, 0.5) is 5.69 Å². The van der Waals surface area contributed by atoms with Gasteiger partial charge >= 0.3 is 0 Å². The first-order valence-corrected chi connectivity index (χ1v) is 7.02. The van der Waals surface area contributed by atoms with Crippen molar-refractivity contribution in [3.63, 3.8) is 0 Å². The molecule has 2 nitrogen and oxygen atoms in total. The van der Waals surface area contributed by atoms with Crippen LogP contribution in [0.2, 0.25) is 10.0 Å². The van der Waals surface area contributed by atoms with Crippen molar-refractivity contribution in [1.29, 1.82) is 5.26 Å². The first-order valence-electron chi connectivity index (χ1n) is 5.47. The summed E-state index contributed by atoms with van der Waals surface area (Å²) in [4.78, 5) is 0. The third-order valence-electron chi connectivity index (χ3n) is 2.58. The third-order valence-corrected chi connectivity index (χ3v) is 3.83. The number of rotatable bonds is 3. The molecule has 19 heavy (non-hydrogen) atoms. The highest BCUT2D eigenvalue weighted by Gasteiger charge is 2.15. The molecule has 0 amide bonds. The van der Waals surface area contributed by atoms with E-state index in [0.29, 0.717) is 15.6 Å². The molecule has 96 valence electrons. The monoisotopic (exact) mass is 354 g/mol. The molecule has 0 fully saturated rings. The summed E-state index contributed by atoms with van der Waals surface area (Å²) in [7, 11) is 0. The summed E-state index contributed by atoms with van der Waals surface area (Å²) in [5.74, 6) is 0. The first-order chi connectivity index (χ1) is 9.11. The molecule has 0 heterocycles. The quantitative estimate of drug-likeness (QED) is 0.796. The molecule has 0 aromatic heterocycles. The van der Waals surface area contributed by atoms with Gasteiger partial charge in [0.1, 0.15) is 6.04 Å². The maximum absolute atomic E-state index is 9.31. The highest BCUT2D eigenvalue weighted by Crippen LogP contribution is 2.30. The number of nitriles is 1. The standard InChI is InChI=1S/C14H9BrCl2N2/c15-11-3-1-2-4-13(11)19-14(8-18)10-6-5-9(16)7-12(10)17/h1-7,14,19H. The lowest BCUT2D eigenvalue weighted by Crippen LogP contribution is -2.09. The van der Waals surface area contributed by atoms with E-state index in [1.165, 1.54) is 0 Å². The van der Waals surface area contributed by atoms with Gasteiger partial charge in [0.2, 0.25) is 0 Å². The van der Waals surface area contributed by atoms with Gasteiger partial charge in [0.05, 0.1) is 6.07 Å². The van der Waals surface area contributed by atoms with E-state index < -0.39 is 6.04 Å². The number of nitrogens with zero attached hydrogens (tertiary/aromatic N) is 1. The van der Waals surface area contributed by atoms with E-state index in [1.807, 2.05) is 24.3 Å². The molecule has 5 heteroatoms. The van der Waals surface area contributed by atoms with Gasteiger partial charge in [-0.2, -0.15) is 5.26 Å². The highest BCUT2D eigenvalue weighted by molar-refractivity contribution is 9.10. The van der Waals surface area contributed by atoms with E-state index in [0.717, 1.165) is 10.2 Å². The lowest BCUT2D eigenvalue weighted by Gasteiger charge is -2.16. The molecule has 0 bridgehead atoms. The van der Waals surface area contributed by atoms with Crippen molar-refractivity contribution in [2.75, 3.05) is 5.32 Å². The van der Waals surface area contributed by atoms with E-state index in [1.54, 1.807) is 18.2 Å². The molecule has 0 saturated carbocycles. The number of halogens is 3. The van der Waals surface area contributed by atoms with Gasteiger partial charge in [-0.1, -0.05) is 41.4 Å². The Morgan fingerprint density at radius 2 is 1.89 bits per heavy atom. The van der Waals surface area contributed by atoms with Crippen LogP contribution in [0.3, 0.4) is 0 Å². The Kier molecular flexibility index (Phi) is 4.71. The van der Waals surface area contributed by atoms with Crippen molar-refractivity contribution in [3.8, 4) is 6.07 Å². The summed E-state index contributed by atoms with van der Waals surface area (Å²) < 4.78 is 0.889. The van der Waals surface area contributed by atoms with E-state index >= 15 is 0 Å². The Hall–Kier alpha value is -1.21. The minimum atomic E-state index is -0.538. The Morgan fingerprint density at radius 1 is 1.16 bits per heavy atom. The molecule has 0 aliphatic rings. The van der Waals surface area contributed by atoms with E-state index in [4.69, 9.17) is 23.2 Å². The van der Waals surface area contributed by atoms with Gasteiger partial charge in [0.25, 0.3) is 0 Å². The topological polar surface area (TPSA) is 35.8 Å². The summed E-state index contributed by atoms with van der Waals surface area (Å²) in [6, 6.07) is 14.3. The van der Waals surface area contributed by atoms with Crippen molar-refractivity contribution < 1.29 is 0 Å². The van der Waals surface area contributed by atoms with Gasteiger partial charge in [0, 0.05) is 25.8 Å². The second-order valence-electron chi connectivity index (χ2n) is 3.85. The molecule has 0 saturated heterocycles. The van der Waals surface area contributed by atoms with Crippen LogP contribution in [-0.2, 0) is 0 Å². The van der Waals surface area contributed by atoms with Gasteiger partial charge < -0.3 is 5.32 Å². The summed E-state index contributed by atoms with van der Waals surface area (Å²) >= 11 is 15.4. The van der Waals surface area contributed by atoms with Crippen LogP contribution in [0.1, 0.15) is 11.6 Å². The predicted octanol–water partition coefficient (Wildman–Crippen LogP) is 5.43. The molecular formula is C14H9BrCl2N2. The van der Waals surface area contributed by atoms with Crippen LogP contribution in [0.5, 0.6) is 0 Å². The van der Waals surface area contributed by atoms with Crippen molar-refractivity contribution >= 4 is 44.8 Å². The summed E-state index contributed by atoms with van der Waals surface area (Å²) in [6.45, 7) is 0. The van der Waals surface area contributed by atoms with Crippen LogP contribution in [0.15, 0.2) is 46.9 Å². The zero-order valence-corrected chi connectivity index (χ0v) is 12.8. The number of hydrogen-bond acceptors (Lipinski definition) is 2. The largest absolute Gasteiger partial charge is 0.365 e. The highest BCUT2D eigenvalue weighted by atomic mass is 79.9. The molecule has 2 aromatic carbocycles. The van der Waals surface area contributed by atoms with Gasteiger partial charge in [-0.3, -0.25) is 0 Å². The fourth-order valence-corrected chi connectivity index (χ4v) is 2.57. The van der Waals surface area contributed by atoms with Gasteiger partial charge in [0.15, 0.2) is 0 Å². The fraction of sp³-hybridized carbons (Fsp3) is 0.0714. The van der Waals surface area contributed by atoms with Crippen molar-refractivity contribution in [3.05, 3.63) is 62.5 Å². The molecule has 1 atom stereocenters. The normalized spacial score (nSPS) is 11.7. The van der Waals surface area contributed by atoms with E-state index in [-0.39, 0.29) is 0 Å². The number of hydrogen-bond donors (Lipinski definition) is 1. The fourth-order valence-electron chi connectivity index (χ4n) is 1.65. The summed E-state index contributed by atoms with van der Waals surface area (Å²) in [5, 5.41) is 13.5. The number of anilines is 1. The zero-order chi connectivity index (χ0) is 13.8. The van der Waals surface area contributed by atoms with Crippen molar-refractivity contribution in [2.45, 2.75) is 6.04 Å². The lowest BCUT2D eigenvalue weighted by molar-refractivity contribution is 0.996. The second kappa shape index (κ2) is 6.29. The molecule has 0 aliphatic heterocycles. The predicted molar refractivity (Wildman–Crippen MR) is 82.6 cm³/mol. The van der Waals surface area contributed by atoms with Gasteiger partial charge in [-0.15, -0.1) is 0 Å². The minimum absolute atomic E-state index is 0.471. The Balaban J connectivity index is 2.31. The maximum atomic E-state index is 9.31. The molecule has 1 unspecified atom stereocenters. The Labute approximate surface area is 130 Å². The van der Waals surface area contributed by atoms with Gasteiger partial charge in [-0.05, 0) is 40.2 Å². The molecule has 0 aliphatic carbocycles. The Morgan fingerprint density at radius 3 is 2.53 bits per heavy atom. The van der Waals surface area contributed by atoms with Crippen LogP contribution in [0.25, 0.3) is 0 Å². The molecule has 0 radical (unpaired) electrons. The summed E-state index contributed by atoms with van der Waals surface area (Å²) in [6.07, 6.45) is 0. The smallest absolute Gasteiger partial charge is 0.141 e. The van der Waals surface area contributed by atoms with Crippen LogP contribution in [0, 0.1) is 11.3 Å². The number of benzene rings is 2. The maximum Gasteiger partial charge on any atom is 0.141 e. The second-order valence-corrected chi connectivity index (χ2v) is 5.55. The van der Waals surface area contributed by atoms with E-state index in [9.17, 15) is 5.26 Å². The first kappa shape index (κ1) is 14.2. The van der Waals surface area contributed by atoms with Crippen LogP contribution < -0.4 is 5.32 Å². The number of nitrogens with one attached hydrogen (secondary N) is 1. The molecule has 0 spiro atoms. The average molecular weight is 356 g/mol. The van der Waals surface area contributed by atoms with Crippen molar-refractivity contribution in [1.82, 2.24) is 0 Å². The van der Waals surface area contributed by atoms with Crippen LogP contribution >= 0.6 is 39.1 Å². The molecule has 1 N–H and O–H groups in total. The lowest BCUT2D eigenvalue weighted by atomic mass is 10.1. The third kappa shape index (κ3) is 3.42. The zero-order valence-electron chi connectivity index (χ0n) is 9.70. The minimum Gasteiger partial charge on any atom is -0.365 e.